The summed E-state index contributed by atoms with van der Waals surface area (Å²) in [6, 6.07) is 14.0. The fourth-order valence-electron chi connectivity index (χ4n) is 4.89. The average molecular weight is 435 g/mol. The third-order valence-electron chi connectivity index (χ3n) is 6.65. The highest BCUT2D eigenvalue weighted by Crippen LogP contribution is 2.32. The van der Waals surface area contributed by atoms with Crippen LogP contribution in [0.15, 0.2) is 42.5 Å². The molecule has 1 fully saturated rings. The lowest BCUT2D eigenvalue weighted by atomic mass is 10.1. The van der Waals surface area contributed by atoms with Crippen LogP contribution in [-0.4, -0.2) is 62.0 Å². The second-order valence-electron chi connectivity index (χ2n) is 9.00. The van der Waals surface area contributed by atoms with Crippen molar-refractivity contribution in [1.82, 2.24) is 10.2 Å². The van der Waals surface area contributed by atoms with Gasteiger partial charge in [-0.15, -0.1) is 0 Å². The van der Waals surface area contributed by atoms with Gasteiger partial charge in [0.25, 0.3) is 0 Å². The molecule has 6 heteroatoms. The minimum absolute atomic E-state index is 0.0591. The number of carbonyl (C=O) groups is 2. The van der Waals surface area contributed by atoms with Gasteiger partial charge in [0, 0.05) is 57.4 Å². The highest BCUT2D eigenvalue weighted by atomic mass is 16.2. The first-order valence-corrected chi connectivity index (χ1v) is 11.6. The molecule has 2 aromatic rings. The summed E-state index contributed by atoms with van der Waals surface area (Å²) in [6.45, 7) is 11.6. The summed E-state index contributed by atoms with van der Waals surface area (Å²) in [7, 11) is 0. The fraction of sp³-hybridized carbons (Fsp3) is 0.462. The number of carbonyl (C=O) groups excluding carboxylic acids is 2. The van der Waals surface area contributed by atoms with Crippen molar-refractivity contribution in [3.8, 4) is 0 Å². The highest BCUT2D eigenvalue weighted by Gasteiger charge is 2.36. The standard InChI is InChI=1S/C26H34N4O2/c1-19-9-10-20(2)24(17-19)29-15-13-28(14-16-29)12-6-11-27-26(32)25-18-22-7-4-5-8-23(22)30(25)21(3)31/h4-5,7-10,17,25H,6,11-16,18H2,1-3H3,(H,27,32). The van der Waals surface area contributed by atoms with Gasteiger partial charge >= 0.3 is 0 Å². The van der Waals surface area contributed by atoms with E-state index in [1.807, 2.05) is 24.3 Å². The number of nitrogens with one attached hydrogen (secondary N) is 1. The maximum atomic E-state index is 12.8. The van der Waals surface area contributed by atoms with Crippen LogP contribution in [0, 0.1) is 13.8 Å². The number of rotatable bonds is 6. The molecule has 0 spiro atoms. The number of hydrogen-bond donors (Lipinski definition) is 1. The second-order valence-corrected chi connectivity index (χ2v) is 9.00. The van der Waals surface area contributed by atoms with Crippen molar-refractivity contribution in [2.45, 2.75) is 39.7 Å². The van der Waals surface area contributed by atoms with Crippen LogP contribution in [-0.2, 0) is 16.0 Å². The minimum Gasteiger partial charge on any atom is -0.369 e. The first-order chi connectivity index (χ1) is 15.4. The summed E-state index contributed by atoms with van der Waals surface area (Å²) in [6.07, 6.45) is 1.50. The van der Waals surface area contributed by atoms with Crippen LogP contribution in [0.25, 0.3) is 0 Å². The minimum atomic E-state index is -0.439. The number of hydrogen-bond acceptors (Lipinski definition) is 4. The zero-order valence-corrected chi connectivity index (χ0v) is 19.4. The number of para-hydroxylation sites is 1. The van der Waals surface area contributed by atoms with Gasteiger partial charge in [-0.1, -0.05) is 30.3 Å². The average Bonchev–Trinajstić information content (AvgIpc) is 3.19. The third kappa shape index (κ3) is 4.80. The molecule has 2 aliphatic rings. The van der Waals surface area contributed by atoms with Gasteiger partial charge in [0.1, 0.15) is 6.04 Å². The number of piperazine rings is 1. The quantitative estimate of drug-likeness (QED) is 0.711. The van der Waals surface area contributed by atoms with Crippen LogP contribution in [0.2, 0.25) is 0 Å². The van der Waals surface area contributed by atoms with Crippen molar-refractivity contribution < 1.29 is 9.59 Å². The predicted octanol–water partition coefficient (Wildman–Crippen LogP) is 2.91. The summed E-state index contributed by atoms with van der Waals surface area (Å²) in [5, 5.41) is 3.06. The van der Waals surface area contributed by atoms with Gasteiger partial charge < -0.3 is 10.2 Å². The van der Waals surface area contributed by atoms with Crippen molar-refractivity contribution in [3.63, 3.8) is 0 Å². The fourth-order valence-corrected chi connectivity index (χ4v) is 4.89. The van der Waals surface area contributed by atoms with Crippen molar-refractivity contribution in [3.05, 3.63) is 59.2 Å². The lowest BCUT2D eigenvalue weighted by Crippen LogP contribution is -2.49. The van der Waals surface area contributed by atoms with E-state index in [9.17, 15) is 9.59 Å². The van der Waals surface area contributed by atoms with Crippen molar-refractivity contribution >= 4 is 23.2 Å². The van der Waals surface area contributed by atoms with Crippen LogP contribution in [0.4, 0.5) is 11.4 Å². The molecule has 0 bridgehead atoms. The van der Waals surface area contributed by atoms with Gasteiger partial charge in [-0.3, -0.25) is 19.4 Å². The summed E-state index contributed by atoms with van der Waals surface area (Å²) in [5.74, 6) is -0.145. The molecule has 1 saturated heterocycles. The van der Waals surface area contributed by atoms with E-state index < -0.39 is 6.04 Å². The van der Waals surface area contributed by atoms with Crippen LogP contribution in [0.5, 0.6) is 0 Å². The number of benzene rings is 2. The van der Waals surface area contributed by atoms with Gasteiger partial charge in [0.2, 0.25) is 11.8 Å². The Morgan fingerprint density at radius 1 is 1.00 bits per heavy atom. The molecule has 0 aromatic heterocycles. The monoisotopic (exact) mass is 434 g/mol. The molecular weight excluding hydrogens is 400 g/mol. The Bertz CT molecular complexity index is 982. The van der Waals surface area contributed by atoms with Gasteiger partial charge in [-0.2, -0.15) is 0 Å². The SMILES string of the molecule is CC(=O)N1c2ccccc2CC1C(=O)NCCCN1CCN(c2cc(C)ccc2C)CC1. The first kappa shape index (κ1) is 22.3. The number of anilines is 2. The van der Waals surface area contributed by atoms with Crippen LogP contribution >= 0.6 is 0 Å². The maximum Gasteiger partial charge on any atom is 0.243 e. The lowest BCUT2D eigenvalue weighted by molar-refractivity contribution is -0.125. The molecular formula is C26H34N4O2. The second kappa shape index (κ2) is 9.74. The Hall–Kier alpha value is -2.86. The largest absolute Gasteiger partial charge is 0.369 e. The van der Waals surface area contributed by atoms with E-state index in [1.54, 1.807) is 4.90 Å². The van der Waals surface area contributed by atoms with E-state index in [1.165, 1.54) is 23.7 Å². The predicted molar refractivity (Wildman–Crippen MR) is 129 cm³/mol. The Morgan fingerprint density at radius 3 is 2.50 bits per heavy atom. The Labute approximate surface area is 191 Å². The number of nitrogens with zero attached hydrogens (tertiary/aromatic N) is 3. The van der Waals surface area contributed by atoms with E-state index in [0.29, 0.717) is 13.0 Å². The summed E-state index contributed by atoms with van der Waals surface area (Å²) < 4.78 is 0. The molecule has 0 radical (unpaired) electrons. The number of fused-ring (bicyclic) bond motifs is 1. The zero-order valence-electron chi connectivity index (χ0n) is 19.4. The lowest BCUT2D eigenvalue weighted by Gasteiger charge is -2.37. The van der Waals surface area contributed by atoms with Gasteiger partial charge in [-0.05, 0) is 55.6 Å². The van der Waals surface area contributed by atoms with E-state index in [-0.39, 0.29) is 11.8 Å². The Morgan fingerprint density at radius 2 is 1.75 bits per heavy atom. The van der Waals surface area contributed by atoms with Gasteiger partial charge in [0.05, 0.1) is 0 Å². The van der Waals surface area contributed by atoms with Crippen molar-refractivity contribution in [1.29, 1.82) is 0 Å². The highest BCUT2D eigenvalue weighted by molar-refractivity contribution is 6.02. The molecule has 1 atom stereocenters. The van der Waals surface area contributed by atoms with Crippen molar-refractivity contribution in [2.24, 2.45) is 0 Å². The molecule has 32 heavy (non-hydrogen) atoms. The molecule has 2 amide bonds. The Kier molecular flexibility index (Phi) is 6.80. The van der Waals surface area contributed by atoms with Crippen LogP contribution in [0.1, 0.15) is 30.0 Å². The molecule has 6 nitrogen and oxygen atoms in total. The smallest absolute Gasteiger partial charge is 0.243 e. The van der Waals surface area contributed by atoms with Gasteiger partial charge in [-0.25, -0.2) is 0 Å². The summed E-state index contributed by atoms with van der Waals surface area (Å²) in [5.41, 5.74) is 5.91. The van der Waals surface area contributed by atoms with Crippen LogP contribution < -0.4 is 15.1 Å². The normalized spacial score (nSPS) is 18.5. The van der Waals surface area contributed by atoms with E-state index in [4.69, 9.17) is 0 Å². The Balaban J connectivity index is 1.21. The topological polar surface area (TPSA) is 55.9 Å². The van der Waals surface area contributed by atoms with E-state index in [0.717, 1.165) is 50.4 Å². The summed E-state index contributed by atoms with van der Waals surface area (Å²) >= 11 is 0. The van der Waals surface area contributed by atoms with E-state index >= 15 is 0 Å². The van der Waals surface area contributed by atoms with Gasteiger partial charge in [0.15, 0.2) is 0 Å². The van der Waals surface area contributed by atoms with Crippen molar-refractivity contribution in [2.75, 3.05) is 49.1 Å². The number of amides is 2. The number of aryl methyl sites for hydroxylation is 2. The molecule has 1 unspecified atom stereocenters. The molecule has 4 rings (SSSR count). The van der Waals surface area contributed by atoms with E-state index in [2.05, 4.69) is 47.2 Å². The molecule has 2 heterocycles. The maximum absolute atomic E-state index is 12.8. The first-order valence-electron chi connectivity index (χ1n) is 11.6. The molecule has 0 saturated carbocycles. The third-order valence-corrected chi connectivity index (χ3v) is 6.65. The molecule has 0 aliphatic carbocycles. The molecule has 170 valence electrons. The molecule has 2 aliphatic heterocycles. The van der Waals surface area contributed by atoms with Crippen LogP contribution in [0.3, 0.4) is 0 Å². The summed E-state index contributed by atoms with van der Waals surface area (Å²) in [4.78, 5) is 31.6. The molecule has 1 N–H and O–H groups in total. The molecule has 2 aromatic carbocycles. The zero-order chi connectivity index (χ0) is 22.7.